The van der Waals surface area contributed by atoms with Gasteiger partial charge in [0.15, 0.2) is 5.65 Å². The molecule has 5 nitrogen and oxygen atoms in total. The first-order valence-electron chi connectivity index (χ1n) is 6.90. The molecule has 0 saturated heterocycles. The normalized spacial score (nSPS) is 24.6. The monoisotopic (exact) mass is 294 g/mol. The van der Waals surface area contributed by atoms with Gasteiger partial charge in [0.05, 0.1) is 11.1 Å². The molecule has 2 aromatic heterocycles. The van der Waals surface area contributed by atoms with Gasteiger partial charge >= 0.3 is 0 Å². The summed E-state index contributed by atoms with van der Waals surface area (Å²) in [5, 5.41) is 8.45. The molecule has 108 valence electrons. The maximum absolute atomic E-state index is 5.95. The first-order valence-corrected chi connectivity index (χ1v) is 7.28. The molecule has 3 rings (SSSR count). The summed E-state index contributed by atoms with van der Waals surface area (Å²) in [7, 11) is 0. The molecule has 1 aliphatic carbocycles. The minimum Gasteiger partial charge on any atom is -0.378 e. The summed E-state index contributed by atoms with van der Waals surface area (Å²) in [6, 6.07) is 4.00. The Hall–Kier alpha value is -1.33. The van der Waals surface area contributed by atoms with Gasteiger partial charge in [-0.05, 0) is 25.5 Å². The van der Waals surface area contributed by atoms with Gasteiger partial charge in [0.2, 0.25) is 5.95 Å². The minimum atomic E-state index is 0.0884. The smallest absolute Gasteiger partial charge is 0.243 e. The van der Waals surface area contributed by atoms with Crippen molar-refractivity contribution in [3.63, 3.8) is 0 Å². The summed E-state index contributed by atoms with van der Waals surface area (Å²) >= 11 is 5.95. The molecule has 20 heavy (non-hydrogen) atoms. The zero-order chi connectivity index (χ0) is 14.3. The van der Waals surface area contributed by atoms with Crippen molar-refractivity contribution in [2.24, 2.45) is 5.41 Å². The van der Waals surface area contributed by atoms with Gasteiger partial charge in [-0.3, -0.25) is 0 Å². The predicted octanol–water partition coefficient (Wildman–Crippen LogP) is 3.00. The molecule has 2 heterocycles. The summed E-state index contributed by atoms with van der Waals surface area (Å²) < 4.78 is 7.42. The Labute approximate surface area is 123 Å². The van der Waals surface area contributed by atoms with Crippen LogP contribution in [0.15, 0.2) is 18.3 Å². The van der Waals surface area contributed by atoms with E-state index in [9.17, 15) is 0 Å². The SMILES string of the molecule is CCOC1CC(Nc2nc3ccc(Cl)cn3n2)C1(C)C. The third-order valence-electron chi connectivity index (χ3n) is 4.14. The lowest BCUT2D eigenvalue weighted by Crippen LogP contribution is -2.58. The Morgan fingerprint density at radius 2 is 2.30 bits per heavy atom. The summed E-state index contributed by atoms with van der Waals surface area (Å²) in [4.78, 5) is 4.45. The highest BCUT2D eigenvalue weighted by Crippen LogP contribution is 2.44. The van der Waals surface area contributed by atoms with E-state index in [1.165, 1.54) is 0 Å². The lowest BCUT2D eigenvalue weighted by Gasteiger charge is -2.51. The van der Waals surface area contributed by atoms with Gasteiger partial charge in [-0.2, -0.15) is 4.98 Å². The number of halogens is 1. The van der Waals surface area contributed by atoms with Gasteiger partial charge in [0.1, 0.15) is 0 Å². The number of fused-ring (bicyclic) bond motifs is 1. The molecule has 2 atom stereocenters. The maximum atomic E-state index is 5.95. The summed E-state index contributed by atoms with van der Waals surface area (Å²) in [5.41, 5.74) is 0.876. The number of rotatable bonds is 4. The van der Waals surface area contributed by atoms with E-state index in [4.69, 9.17) is 16.3 Å². The lowest BCUT2D eigenvalue weighted by molar-refractivity contribution is -0.0977. The van der Waals surface area contributed by atoms with Crippen LogP contribution in [0.1, 0.15) is 27.2 Å². The van der Waals surface area contributed by atoms with Crippen molar-refractivity contribution >= 4 is 23.2 Å². The van der Waals surface area contributed by atoms with Crippen molar-refractivity contribution in [2.45, 2.75) is 39.3 Å². The second-order valence-electron chi connectivity index (χ2n) is 5.78. The Balaban J connectivity index is 1.74. The number of pyridine rings is 1. The Morgan fingerprint density at radius 1 is 1.50 bits per heavy atom. The fourth-order valence-corrected chi connectivity index (χ4v) is 2.84. The standard InChI is InChI=1S/C14H19ClN4O/c1-4-20-11-7-10(14(11,2)3)16-13-17-12-6-5-9(15)8-19(12)18-13/h5-6,8,10-11H,4,7H2,1-3H3,(H,16,18). The number of hydrogen-bond acceptors (Lipinski definition) is 4. The Bertz CT molecular complexity index is 625. The number of aromatic nitrogens is 3. The van der Waals surface area contributed by atoms with Crippen LogP contribution in [0.25, 0.3) is 5.65 Å². The molecule has 2 aromatic rings. The van der Waals surface area contributed by atoms with Crippen molar-refractivity contribution in [3.8, 4) is 0 Å². The molecule has 1 saturated carbocycles. The van der Waals surface area contributed by atoms with E-state index in [1.54, 1.807) is 10.7 Å². The van der Waals surface area contributed by atoms with Crippen LogP contribution in [0.4, 0.5) is 5.95 Å². The van der Waals surface area contributed by atoms with Crippen molar-refractivity contribution in [2.75, 3.05) is 11.9 Å². The zero-order valence-electron chi connectivity index (χ0n) is 11.9. The van der Waals surface area contributed by atoms with Crippen molar-refractivity contribution in [1.29, 1.82) is 0 Å². The number of nitrogens with zero attached hydrogens (tertiary/aromatic N) is 3. The predicted molar refractivity (Wildman–Crippen MR) is 79.2 cm³/mol. The van der Waals surface area contributed by atoms with E-state index in [1.807, 2.05) is 19.1 Å². The molecule has 1 N–H and O–H groups in total. The molecule has 0 bridgehead atoms. The fourth-order valence-electron chi connectivity index (χ4n) is 2.69. The van der Waals surface area contributed by atoms with E-state index in [0.717, 1.165) is 18.7 Å². The maximum Gasteiger partial charge on any atom is 0.243 e. The fraction of sp³-hybridized carbons (Fsp3) is 0.571. The van der Waals surface area contributed by atoms with Crippen molar-refractivity contribution < 1.29 is 4.74 Å². The van der Waals surface area contributed by atoms with E-state index in [2.05, 4.69) is 29.2 Å². The third-order valence-corrected chi connectivity index (χ3v) is 4.37. The van der Waals surface area contributed by atoms with Gasteiger partial charge in [-0.1, -0.05) is 25.4 Å². The van der Waals surface area contributed by atoms with Crippen LogP contribution in [-0.4, -0.2) is 33.4 Å². The van der Waals surface area contributed by atoms with Gasteiger partial charge < -0.3 is 10.1 Å². The van der Waals surface area contributed by atoms with Crippen LogP contribution in [0, 0.1) is 5.41 Å². The molecule has 1 aliphatic rings. The molecular weight excluding hydrogens is 276 g/mol. The quantitative estimate of drug-likeness (QED) is 0.942. The van der Waals surface area contributed by atoms with Gasteiger partial charge in [0, 0.05) is 24.3 Å². The van der Waals surface area contributed by atoms with Crippen LogP contribution < -0.4 is 5.32 Å². The highest BCUT2D eigenvalue weighted by molar-refractivity contribution is 6.30. The second-order valence-corrected chi connectivity index (χ2v) is 6.22. The van der Waals surface area contributed by atoms with Crippen LogP contribution in [-0.2, 0) is 4.74 Å². The van der Waals surface area contributed by atoms with Crippen molar-refractivity contribution in [3.05, 3.63) is 23.4 Å². The molecule has 0 aliphatic heterocycles. The minimum absolute atomic E-state index is 0.0884. The van der Waals surface area contributed by atoms with E-state index in [-0.39, 0.29) is 5.41 Å². The molecule has 2 unspecified atom stereocenters. The summed E-state index contributed by atoms with van der Waals surface area (Å²) in [6.45, 7) is 7.21. The number of hydrogen-bond donors (Lipinski definition) is 1. The van der Waals surface area contributed by atoms with Gasteiger partial charge in [0.25, 0.3) is 0 Å². The molecule has 0 amide bonds. The highest BCUT2D eigenvalue weighted by Gasteiger charge is 2.49. The van der Waals surface area contributed by atoms with Gasteiger partial charge in [-0.25, -0.2) is 4.52 Å². The van der Waals surface area contributed by atoms with E-state index in [0.29, 0.717) is 23.1 Å². The van der Waals surface area contributed by atoms with E-state index < -0.39 is 0 Å². The van der Waals surface area contributed by atoms with Crippen LogP contribution >= 0.6 is 11.6 Å². The molecule has 6 heteroatoms. The molecule has 0 radical (unpaired) electrons. The van der Waals surface area contributed by atoms with Crippen LogP contribution in [0.3, 0.4) is 0 Å². The average molecular weight is 295 g/mol. The first-order chi connectivity index (χ1) is 9.50. The molecule has 0 aromatic carbocycles. The number of anilines is 1. The Kier molecular flexibility index (Phi) is 3.34. The average Bonchev–Trinajstić information content (AvgIpc) is 2.79. The van der Waals surface area contributed by atoms with Gasteiger partial charge in [-0.15, -0.1) is 5.10 Å². The third kappa shape index (κ3) is 2.25. The molecule has 0 spiro atoms. The number of ether oxygens (including phenoxy) is 1. The zero-order valence-corrected chi connectivity index (χ0v) is 12.7. The number of nitrogens with one attached hydrogen (secondary N) is 1. The van der Waals surface area contributed by atoms with Crippen LogP contribution in [0.2, 0.25) is 5.02 Å². The first kappa shape index (κ1) is 13.6. The van der Waals surface area contributed by atoms with E-state index >= 15 is 0 Å². The second kappa shape index (κ2) is 4.90. The summed E-state index contributed by atoms with van der Waals surface area (Å²) in [6.07, 6.45) is 3.04. The summed E-state index contributed by atoms with van der Waals surface area (Å²) in [5.74, 6) is 0.639. The lowest BCUT2D eigenvalue weighted by atomic mass is 9.64. The van der Waals surface area contributed by atoms with Crippen LogP contribution in [0.5, 0.6) is 0 Å². The molecular formula is C14H19ClN4O. The Morgan fingerprint density at radius 3 is 3.00 bits per heavy atom. The topological polar surface area (TPSA) is 51.5 Å². The van der Waals surface area contributed by atoms with Crippen molar-refractivity contribution in [1.82, 2.24) is 14.6 Å². The molecule has 1 fully saturated rings. The largest absolute Gasteiger partial charge is 0.378 e. The highest BCUT2D eigenvalue weighted by atomic mass is 35.5.